The molecular formula is C19H24FN3O2. The number of aliphatic imine (C=N–C) groups is 1. The number of rotatable bonds is 7. The van der Waals surface area contributed by atoms with Crippen LogP contribution in [0.3, 0.4) is 0 Å². The van der Waals surface area contributed by atoms with Crippen molar-refractivity contribution in [1.29, 1.82) is 0 Å². The molecule has 0 bridgehead atoms. The van der Waals surface area contributed by atoms with E-state index in [1.165, 1.54) is 12.1 Å². The molecule has 0 saturated carbocycles. The van der Waals surface area contributed by atoms with Crippen LogP contribution in [0.4, 0.5) is 4.39 Å². The molecule has 0 aliphatic rings. The first-order chi connectivity index (χ1) is 12.1. The number of nitrogens with one attached hydrogen (secondary N) is 1. The second-order valence-electron chi connectivity index (χ2n) is 5.45. The molecule has 0 amide bonds. The highest BCUT2D eigenvalue weighted by Crippen LogP contribution is 2.18. The molecule has 2 aromatic carbocycles. The first-order valence-electron chi connectivity index (χ1n) is 8.06. The Hall–Kier alpha value is -2.76. The minimum atomic E-state index is -0.308. The predicted octanol–water partition coefficient (Wildman–Crippen LogP) is 2.92. The van der Waals surface area contributed by atoms with Gasteiger partial charge in [-0.2, -0.15) is 0 Å². The van der Waals surface area contributed by atoms with E-state index in [1.807, 2.05) is 36.2 Å². The van der Waals surface area contributed by atoms with Crippen LogP contribution in [0.15, 0.2) is 53.5 Å². The lowest BCUT2D eigenvalue weighted by molar-refractivity contribution is 0.317. The van der Waals surface area contributed by atoms with E-state index in [0.717, 1.165) is 17.3 Å². The Balaban J connectivity index is 1.83. The average molecular weight is 345 g/mol. The molecule has 0 radical (unpaired) electrons. The Kier molecular flexibility index (Phi) is 7.07. The van der Waals surface area contributed by atoms with Crippen molar-refractivity contribution in [2.24, 2.45) is 4.99 Å². The van der Waals surface area contributed by atoms with Gasteiger partial charge < -0.3 is 19.7 Å². The van der Waals surface area contributed by atoms with Crippen LogP contribution in [0.25, 0.3) is 0 Å². The summed E-state index contributed by atoms with van der Waals surface area (Å²) in [6, 6.07) is 14.0. The second-order valence-corrected chi connectivity index (χ2v) is 5.45. The van der Waals surface area contributed by atoms with Gasteiger partial charge in [0, 0.05) is 32.3 Å². The standard InChI is InChI=1S/C19H24FN3O2/c1-21-19(22-11-12-25-17-9-6-8-16(20)13-17)23(2)14-15-7-4-5-10-18(15)24-3/h4-10,13H,11-12,14H2,1-3H3,(H,21,22). The van der Waals surface area contributed by atoms with Crippen LogP contribution < -0.4 is 14.8 Å². The van der Waals surface area contributed by atoms with Gasteiger partial charge in [-0.15, -0.1) is 0 Å². The molecule has 0 aromatic heterocycles. The zero-order chi connectivity index (χ0) is 18.1. The van der Waals surface area contributed by atoms with Gasteiger partial charge in [-0.3, -0.25) is 4.99 Å². The van der Waals surface area contributed by atoms with Crippen LogP contribution in [0.2, 0.25) is 0 Å². The molecule has 0 aliphatic carbocycles. The summed E-state index contributed by atoms with van der Waals surface area (Å²) in [5, 5.41) is 3.23. The molecule has 1 N–H and O–H groups in total. The topological polar surface area (TPSA) is 46.1 Å². The molecular weight excluding hydrogens is 321 g/mol. The van der Waals surface area contributed by atoms with E-state index in [9.17, 15) is 4.39 Å². The van der Waals surface area contributed by atoms with E-state index in [0.29, 0.717) is 25.4 Å². The van der Waals surface area contributed by atoms with E-state index in [1.54, 1.807) is 26.3 Å². The zero-order valence-electron chi connectivity index (χ0n) is 14.8. The molecule has 0 heterocycles. The van der Waals surface area contributed by atoms with Gasteiger partial charge in [-0.05, 0) is 18.2 Å². The third kappa shape index (κ3) is 5.67. The molecule has 0 spiro atoms. The van der Waals surface area contributed by atoms with Gasteiger partial charge in [-0.25, -0.2) is 4.39 Å². The lowest BCUT2D eigenvalue weighted by Crippen LogP contribution is -2.40. The fourth-order valence-electron chi connectivity index (χ4n) is 2.44. The number of nitrogens with zero attached hydrogens (tertiary/aromatic N) is 2. The summed E-state index contributed by atoms with van der Waals surface area (Å²) in [5.41, 5.74) is 1.08. The molecule has 0 atom stereocenters. The summed E-state index contributed by atoms with van der Waals surface area (Å²) in [5.74, 6) is 1.80. The summed E-state index contributed by atoms with van der Waals surface area (Å²) in [4.78, 5) is 6.27. The van der Waals surface area contributed by atoms with Gasteiger partial charge in [-0.1, -0.05) is 24.3 Å². The lowest BCUT2D eigenvalue weighted by Gasteiger charge is -2.23. The summed E-state index contributed by atoms with van der Waals surface area (Å²) in [7, 11) is 5.35. The van der Waals surface area contributed by atoms with Gasteiger partial charge in [0.2, 0.25) is 0 Å². The molecule has 134 valence electrons. The smallest absolute Gasteiger partial charge is 0.193 e. The summed E-state index contributed by atoms with van der Waals surface area (Å²) in [6.07, 6.45) is 0. The van der Waals surface area contributed by atoms with Crippen LogP contribution in [0, 0.1) is 5.82 Å². The Morgan fingerprint density at radius 1 is 1.20 bits per heavy atom. The van der Waals surface area contributed by atoms with Crippen LogP contribution in [-0.4, -0.2) is 45.2 Å². The minimum absolute atomic E-state index is 0.308. The maximum absolute atomic E-state index is 13.1. The van der Waals surface area contributed by atoms with E-state index >= 15 is 0 Å². The van der Waals surface area contributed by atoms with Crippen molar-refractivity contribution in [1.82, 2.24) is 10.2 Å². The Morgan fingerprint density at radius 3 is 2.72 bits per heavy atom. The highest BCUT2D eigenvalue weighted by molar-refractivity contribution is 5.79. The molecule has 0 saturated heterocycles. The fourth-order valence-corrected chi connectivity index (χ4v) is 2.44. The second kappa shape index (κ2) is 9.52. The van der Waals surface area contributed by atoms with E-state index in [2.05, 4.69) is 10.3 Å². The normalized spacial score (nSPS) is 11.1. The first kappa shape index (κ1) is 18.6. The van der Waals surface area contributed by atoms with Crippen molar-refractivity contribution < 1.29 is 13.9 Å². The molecule has 2 aromatic rings. The lowest BCUT2D eigenvalue weighted by atomic mass is 10.2. The van der Waals surface area contributed by atoms with Crippen LogP contribution in [0.1, 0.15) is 5.56 Å². The van der Waals surface area contributed by atoms with Gasteiger partial charge in [0.05, 0.1) is 13.7 Å². The third-order valence-corrected chi connectivity index (χ3v) is 3.62. The largest absolute Gasteiger partial charge is 0.496 e. The van der Waals surface area contributed by atoms with Crippen molar-refractivity contribution >= 4 is 5.96 Å². The molecule has 5 nitrogen and oxygen atoms in total. The van der Waals surface area contributed by atoms with Gasteiger partial charge in [0.25, 0.3) is 0 Å². The maximum atomic E-state index is 13.1. The number of para-hydroxylation sites is 1. The number of benzene rings is 2. The quantitative estimate of drug-likeness (QED) is 0.476. The van der Waals surface area contributed by atoms with E-state index < -0.39 is 0 Å². The number of guanidine groups is 1. The number of hydrogen-bond donors (Lipinski definition) is 1. The average Bonchev–Trinajstić information content (AvgIpc) is 2.62. The third-order valence-electron chi connectivity index (χ3n) is 3.62. The Labute approximate surface area is 148 Å². The molecule has 0 unspecified atom stereocenters. The van der Waals surface area contributed by atoms with Crippen molar-refractivity contribution in [3.05, 3.63) is 59.9 Å². The fraction of sp³-hybridized carbons (Fsp3) is 0.316. The summed E-state index contributed by atoms with van der Waals surface area (Å²) in [6.45, 7) is 1.62. The highest BCUT2D eigenvalue weighted by Gasteiger charge is 2.09. The number of methoxy groups -OCH3 is 1. The van der Waals surface area contributed by atoms with E-state index in [4.69, 9.17) is 9.47 Å². The van der Waals surface area contributed by atoms with Gasteiger partial charge >= 0.3 is 0 Å². The van der Waals surface area contributed by atoms with Gasteiger partial charge in [0.15, 0.2) is 5.96 Å². The summed E-state index contributed by atoms with van der Waals surface area (Å²) >= 11 is 0. The Bertz CT molecular complexity index is 707. The SMILES string of the molecule is CN=C(NCCOc1cccc(F)c1)N(C)Cc1ccccc1OC. The number of halogens is 1. The van der Waals surface area contributed by atoms with Crippen molar-refractivity contribution in [3.63, 3.8) is 0 Å². The number of ether oxygens (including phenoxy) is 2. The molecule has 0 aliphatic heterocycles. The monoisotopic (exact) mass is 345 g/mol. The maximum Gasteiger partial charge on any atom is 0.193 e. The number of hydrogen-bond acceptors (Lipinski definition) is 3. The van der Waals surface area contributed by atoms with Crippen LogP contribution >= 0.6 is 0 Å². The summed E-state index contributed by atoms with van der Waals surface area (Å²) < 4.78 is 24.0. The van der Waals surface area contributed by atoms with Crippen molar-refractivity contribution in [2.75, 3.05) is 34.4 Å². The van der Waals surface area contributed by atoms with Crippen LogP contribution in [-0.2, 0) is 6.54 Å². The van der Waals surface area contributed by atoms with E-state index in [-0.39, 0.29) is 5.82 Å². The molecule has 6 heteroatoms. The first-order valence-corrected chi connectivity index (χ1v) is 8.06. The molecule has 25 heavy (non-hydrogen) atoms. The highest BCUT2D eigenvalue weighted by atomic mass is 19.1. The van der Waals surface area contributed by atoms with Crippen LogP contribution in [0.5, 0.6) is 11.5 Å². The molecule has 0 fully saturated rings. The predicted molar refractivity (Wildman–Crippen MR) is 97.7 cm³/mol. The van der Waals surface area contributed by atoms with Crippen molar-refractivity contribution in [3.8, 4) is 11.5 Å². The molecule has 2 rings (SSSR count). The Morgan fingerprint density at radius 2 is 2.00 bits per heavy atom. The van der Waals surface area contributed by atoms with Crippen molar-refractivity contribution in [2.45, 2.75) is 6.54 Å². The minimum Gasteiger partial charge on any atom is -0.496 e. The zero-order valence-corrected chi connectivity index (χ0v) is 14.8. The van der Waals surface area contributed by atoms with Gasteiger partial charge in [0.1, 0.15) is 23.9 Å².